The molecule has 0 aliphatic carbocycles. The van der Waals surface area contributed by atoms with Crippen molar-refractivity contribution in [2.45, 2.75) is 11.3 Å². The van der Waals surface area contributed by atoms with Gasteiger partial charge < -0.3 is 14.2 Å². The lowest BCUT2D eigenvalue weighted by atomic mass is 10.1. The summed E-state index contributed by atoms with van der Waals surface area (Å²) in [5.74, 6) is 1.75. The highest BCUT2D eigenvalue weighted by atomic mass is 32.2. The van der Waals surface area contributed by atoms with E-state index < -0.39 is 10.0 Å². The molecular weight excluding hydrogens is 318 g/mol. The minimum atomic E-state index is -3.64. The molecule has 0 radical (unpaired) electrons. The molecule has 0 fully saturated rings. The minimum absolute atomic E-state index is 0.116. The van der Waals surface area contributed by atoms with Gasteiger partial charge in [-0.3, -0.25) is 4.31 Å². The van der Waals surface area contributed by atoms with Crippen molar-refractivity contribution in [1.82, 2.24) is 0 Å². The average molecular weight is 333 g/mol. The third kappa shape index (κ3) is 2.19. The quantitative estimate of drug-likeness (QED) is 0.861. The Balaban J connectivity index is 1.74. The standard InChI is InChI=1S/C16H15NO5S/c1-20-12-2-4-14-11(8-12)6-7-17(14)23(18,19)13-3-5-15-16(9-13)22-10-21-15/h2-5,8-9H,6-7,10H2,1H3. The molecule has 2 heterocycles. The van der Waals surface area contributed by atoms with Crippen LogP contribution in [0.1, 0.15) is 5.56 Å². The van der Waals surface area contributed by atoms with E-state index in [9.17, 15) is 8.42 Å². The highest BCUT2D eigenvalue weighted by Crippen LogP contribution is 2.38. The molecule has 0 N–H and O–H groups in total. The van der Waals surface area contributed by atoms with Crippen LogP contribution in [0.15, 0.2) is 41.3 Å². The molecule has 2 aliphatic rings. The Morgan fingerprint density at radius 2 is 1.91 bits per heavy atom. The van der Waals surface area contributed by atoms with Crippen LogP contribution in [-0.4, -0.2) is 28.9 Å². The number of anilines is 1. The SMILES string of the molecule is COc1ccc2c(c1)CCN2S(=O)(=O)c1ccc2c(c1)OCO2. The van der Waals surface area contributed by atoms with Crippen LogP contribution in [0.3, 0.4) is 0 Å². The molecule has 0 aromatic heterocycles. The smallest absolute Gasteiger partial charge is 0.264 e. The van der Waals surface area contributed by atoms with E-state index in [0.717, 1.165) is 11.3 Å². The molecule has 0 amide bonds. The number of ether oxygens (including phenoxy) is 3. The van der Waals surface area contributed by atoms with Crippen molar-refractivity contribution in [3.8, 4) is 17.2 Å². The lowest BCUT2D eigenvalue weighted by Gasteiger charge is -2.20. The third-order valence-electron chi connectivity index (χ3n) is 4.07. The molecule has 2 aromatic carbocycles. The summed E-state index contributed by atoms with van der Waals surface area (Å²) in [4.78, 5) is 0.199. The maximum atomic E-state index is 12.9. The summed E-state index contributed by atoms with van der Waals surface area (Å²) in [5, 5.41) is 0. The molecule has 7 heteroatoms. The molecule has 0 atom stereocenters. The number of hydrogen-bond acceptors (Lipinski definition) is 5. The van der Waals surface area contributed by atoms with Gasteiger partial charge in [0.1, 0.15) is 5.75 Å². The second-order valence-corrected chi connectivity index (χ2v) is 7.20. The molecular formula is C16H15NO5S. The van der Waals surface area contributed by atoms with E-state index in [4.69, 9.17) is 14.2 Å². The zero-order chi connectivity index (χ0) is 16.0. The summed E-state index contributed by atoms with van der Waals surface area (Å²) in [6.07, 6.45) is 0.663. The van der Waals surface area contributed by atoms with Gasteiger partial charge in [-0.25, -0.2) is 8.42 Å². The molecule has 0 bridgehead atoms. The summed E-state index contributed by atoms with van der Waals surface area (Å²) in [7, 11) is -2.04. The first-order chi connectivity index (χ1) is 11.1. The molecule has 0 saturated heterocycles. The number of hydrogen-bond donors (Lipinski definition) is 0. The number of benzene rings is 2. The Bertz CT molecular complexity index is 878. The van der Waals surface area contributed by atoms with Gasteiger partial charge in [-0.05, 0) is 42.3 Å². The first kappa shape index (κ1) is 14.2. The van der Waals surface area contributed by atoms with Gasteiger partial charge in [-0.15, -0.1) is 0 Å². The maximum absolute atomic E-state index is 12.9. The molecule has 0 unspecified atom stereocenters. The molecule has 0 saturated carbocycles. The lowest BCUT2D eigenvalue weighted by Crippen LogP contribution is -2.29. The molecule has 23 heavy (non-hydrogen) atoms. The van der Waals surface area contributed by atoms with E-state index in [1.165, 1.54) is 10.4 Å². The van der Waals surface area contributed by atoms with Gasteiger partial charge in [-0.1, -0.05) is 0 Å². The van der Waals surface area contributed by atoms with Crippen molar-refractivity contribution >= 4 is 15.7 Å². The lowest BCUT2D eigenvalue weighted by molar-refractivity contribution is 0.174. The fourth-order valence-corrected chi connectivity index (χ4v) is 4.41. The van der Waals surface area contributed by atoms with Gasteiger partial charge in [0.05, 0.1) is 17.7 Å². The van der Waals surface area contributed by atoms with Gasteiger partial charge in [-0.2, -0.15) is 0 Å². The second kappa shape index (κ2) is 5.06. The minimum Gasteiger partial charge on any atom is -0.497 e. The van der Waals surface area contributed by atoms with Crippen LogP contribution in [0.4, 0.5) is 5.69 Å². The fraction of sp³-hybridized carbons (Fsp3) is 0.250. The first-order valence-electron chi connectivity index (χ1n) is 7.19. The summed E-state index contributed by atoms with van der Waals surface area (Å²) in [6, 6.07) is 10.1. The molecule has 0 spiro atoms. The summed E-state index contributed by atoms with van der Waals surface area (Å²) < 4.78 is 43.0. The Hall–Kier alpha value is -2.41. The van der Waals surface area contributed by atoms with Crippen LogP contribution in [0.2, 0.25) is 0 Å². The van der Waals surface area contributed by atoms with Gasteiger partial charge in [0.25, 0.3) is 10.0 Å². The number of rotatable bonds is 3. The maximum Gasteiger partial charge on any atom is 0.264 e. The number of nitrogens with zero attached hydrogens (tertiary/aromatic N) is 1. The van der Waals surface area contributed by atoms with Crippen LogP contribution in [0.5, 0.6) is 17.2 Å². The predicted octanol–water partition coefficient (Wildman–Crippen LogP) is 2.18. The first-order valence-corrected chi connectivity index (χ1v) is 8.63. The van der Waals surface area contributed by atoms with Crippen LogP contribution in [0, 0.1) is 0 Å². The van der Waals surface area contributed by atoms with Crippen molar-refractivity contribution in [1.29, 1.82) is 0 Å². The average Bonchev–Trinajstić information content (AvgIpc) is 3.20. The van der Waals surface area contributed by atoms with E-state index in [2.05, 4.69) is 0 Å². The van der Waals surface area contributed by atoms with E-state index in [1.807, 2.05) is 6.07 Å². The molecule has 120 valence electrons. The zero-order valence-corrected chi connectivity index (χ0v) is 13.3. The Labute approximate surface area is 134 Å². The summed E-state index contributed by atoms with van der Waals surface area (Å²) in [5.41, 5.74) is 1.66. The predicted molar refractivity (Wildman–Crippen MR) is 83.8 cm³/mol. The zero-order valence-electron chi connectivity index (χ0n) is 12.5. The Morgan fingerprint density at radius 1 is 1.09 bits per heavy atom. The van der Waals surface area contributed by atoms with E-state index in [-0.39, 0.29) is 11.7 Å². The highest BCUT2D eigenvalue weighted by molar-refractivity contribution is 7.92. The number of fused-ring (bicyclic) bond motifs is 2. The molecule has 2 aliphatic heterocycles. The van der Waals surface area contributed by atoms with E-state index in [1.54, 1.807) is 31.4 Å². The van der Waals surface area contributed by atoms with Crippen LogP contribution in [-0.2, 0) is 16.4 Å². The van der Waals surface area contributed by atoms with Crippen LogP contribution < -0.4 is 18.5 Å². The molecule has 2 aromatic rings. The molecule has 4 rings (SSSR count). The Kier molecular flexibility index (Phi) is 3.12. The van der Waals surface area contributed by atoms with Crippen molar-refractivity contribution in [3.63, 3.8) is 0 Å². The van der Waals surface area contributed by atoms with Crippen LogP contribution >= 0.6 is 0 Å². The van der Waals surface area contributed by atoms with Gasteiger partial charge in [0, 0.05) is 12.6 Å². The summed E-state index contributed by atoms with van der Waals surface area (Å²) in [6.45, 7) is 0.532. The van der Waals surface area contributed by atoms with Crippen molar-refractivity contribution in [2.24, 2.45) is 0 Å². The van der Waals surface area contributed by atoms with E-state index in [0.29, 0.717) is 30.2 Å². The highest BCUT2D eigenvalue weighted by Gasteiger charge is 2.32. The normalized spacial score (nSPS) is 15.6. The van der Waals surface area contributed by atoms with Gasteiger partial charge in [0.2, 0.25) is 6.79 Å². The third-order valence-corrected chi connectivity index (χ3v) is 5.88. The van der Waals surface area contributed by atoms with Crippen molar-refractivity contribution < 1.29 is 22.6 Å². The van der Waals surface area contributed by atoms with Gasteiger partial charge >= 0.3 is 0 Å². The summed E-state index contributed by atoms with van der Waals surface area (Å²) >= 11 is 0. The largest absolute Gasteiger partial charge is 0.497 e. The number of methoxy groups -OCH3 is 1. The topological polar surface area (TPSA) is 65.1 Å². The van der Waals surface area contributed by atoms with Gasteiger partial charge in [0.15, 0.2) is 11.5 Å². The van der Waals surface area contributed by atoms with Crippen molar-refractivity contribution in [3.05, 3.63) is 42.0 Å². The second-order valence-electron chi connectivity index (χ2n) is 5.34. The molecule has 6 nitrogen and oxygen atoms in total. The Morgan fingerprint density at radius 3 is 2.74 bits per heavy atom. The number of sulfonamides is 1. The van der Waals surface area contributed by atoms with Crippen molar-refractivity contribution in [2.75, 3.05) is 24.8 Å². The van der Waals surface area contributed by atoms with Crippen LogP contribution in [0.25, 0.3) is 0 Å². The fourth-order valence-electron chi connectivity index (χ4n) is 2.89. The van der Waals surface area contributed by atoms with E-state index >= 15 is 0 Å². The monoisotopic (exact) mass is 333 g/mol.